The Morgan fingerprint density at radius 1 is 1.35 bits per heavy atom. The number of halogens is 3. The molecule has 1 aromatic carbocycles. The zero-order valence-corrected chi connectivity index (χ0v) is 9.30. The van der Waals surface area contributed by atoms with Crippen molar-refractivity contribution in [2.45, 2.75) is 19.7 Å². The third-order valence-electron chi connectivity index (χ3n) is 2.18. The molecule has 0 amide bonds. The highest BCUT2D eigenvalue weighted by molar-refractivity contribution is 5.73. The molecule has 0 aliphatic heterocycles. The first-order valence-electron chi connectivity index (χ1n) is 4.74. The topological polar surface area (TPSA) is 35.5 Å². The van der Waals surface area contributed by atoms with Crippen molar-refractivity contribution in [3.63, 3.8) is 0 Å². The summed E-state index contributed by atoms with van der Waals surface area (Å²) in [6, 6.07) is 4.14. The summed E-state index contributed by atoms with van der Waals surface area (Å²) in [4.78, 5) is 11.0. The van der Waals surface area contributed by atoms with E-state index in [1.54, 1.807) is 6.07 Å². The molecule has 0 heterocycles. The van der Waals surface area contributed by atoms with E-state index >= 15 is 0 Å². The maximum Gasteiger partial charge on any atom is 0.573 e. The highest BCUT2D eigenvalue weighted by Crippen LogP contribution is 2.28. The van der Waals surface area contributed by atoms with Crippen LogP contribution in [-0.2, 0) is 16.0 Å². The minimum absolute atomic E-state index is 0.0859. The Morgan fingerprint density at radius 2 is 2.00 bits per heavy atom. The van der Waals surface area contributed by atoms with Gasteiger partial charge >= 0.3 is 12.3 Å². The second-order valence-electron chi connectivity index (χ2n) is 3.34. The molecule has 0 radical (unpaired) electrons. The fourth-order valence-corrected chi connectivity index (χ4v) is 1.31. The average Bonchev–Trinajstić information content (AvgIpc) is 2.22. The SMILES string of the molecule is COC(=O)Cc1cccc(OC(F)(F)F)c1C. The van der Waals surface area contributed by atoms with Gasteiger partial charge in [0.15, 0.2) is 0 Å². The number of carbonyl (C=O) groups excluding carboxylic acids is 1. The molecule has 0 unspecified atom stereocenters. The number of carbonyl (C=O) groups is 1. The van der Waals surface area contributed by atoms with Crippen LogP contribution in [-0.4, -0.2) is 19.4 Å². The lowest BCUT2D eigenvalue weighted by Crippen LogP contribution is -2.18. The smallest absolute Gasteiger partial charge is 0.469 e. The van der Waals surface area contributed by atoms with E-state index in [9.17, 15) is 18.0 Å². The Morgan fingerprint density at radius 3 is 2.53 bits per heavy atom. The van der Waals surface area contributed by atoms with Crippen molar-refractivity contribution in [3.05, 3.63) is 29.3 Å². The first kappa shape index (κ1) is 13.3. The lowest BCUT2D eigenvalue weighted by molar-refractivity contribution is -0.274. The fraction of sp³-hybridized carbons (Fsp3) is 0.364. The fourth-order valence-electron chi connectivity index (χ4n) is 1.31. The van der Waals surface area contributed by atoms with Gasteiger partial charge < -0.3 is 9.47 Å². The van der Waals surface area contributed by atoms with E-state index in [2.05, 4.69) is 9.47 Å². The van der Waals surface area contributed by atoms with Gasteiger partial charge in [0, 0.05) is 0 Å². The third-order valence-corrected chi connectivity index (χ3v) is 2.18. The van der Waals surface area contributed by atoms with E-state index in [4.69, 9.17) is 0 Å². The number of ether oxygens (including phenoxy) is 2. The Hall–Kier alpha value is -1.72. The molecule has 0 spiro atoms. The van der Waals surface area contributed by atoms with Gasteiger partial charge in [0.05, 0.1) is 13.5 Å². The summed E-state index contributed by atoms with van der Waals surface area (Å²) in [5, 5.41) is 0. The first-order valence-corrected chi connectivity index (χ1v) is 4.74. The lowest BCUT2D eigenvalue weighted by atomic mass is 10.1. The molecule has 0 aromatic heterocycles. The predicted molar refractivity (Wildman–Crippen MR) is 53.6 cm³/mol. The number of esters is 1. The Bertz CT molecular complexity index is 413. The van der Waals surface area contributed by atoms with Crippen LogP contribution in [0, 0.1) is 6.92 Å². The molecule has 0 saturated heterocycles. The van der Waals surface area contributed by atoms with Crippen LogP contribution in [0.15, 0.2) is 18.2 Å². The summed E-state index contributed by atoms with van der Waals surface area (Å²) >= 11 is 0. The van der Waals surface area contributed by atoms with Crippen LogP contribution in [0.1, 0.15) is 11.1 Å². The van der Waals surface area contributed by atoms with Crippen molar-refractivity contribution in [2.24, 2.45) is 0 Å². The minimum atomic E-state index is -4.74. The molecule has 0 fully saturated rings. The molecule has 17 heavy (non-hydrogen) atoms. The Labute approximate surface area is 96.1 Å². The number of methoxy groups -OCH3 is 1. The van der Waals surface area contributed by atoms with E-state index in [0.29, 0.717) is 5.56 Å². The zero-order chi connectivity index (χ0) is 13.1. The van der Waals surface area contributed by atoms with Gasteiger partial charge in [-0.1, -0.05) is 12.1 Å². The Balaban J connectivity index is 2.95. The monoisotopic (exact) mass is 248 g/mol. The van der Waals surface area contributed by atoms with Crippen LogP contribution in [0.5, 0.6) is 5.75 Å². The van der Waals surface area contributed by atoms with Crippen LogP contribution in [0.25, 0.3) is 0 Å². The number of benzene rings is 1. The van der Waals surface area contributed by atoms with Gasteiger partial charge in [-0.2, -0.15) is 0 Å². The summed E-state index contributed by atoms with van der Waals surface area (Å²) in [6.07, 6.45) is -4.83. The Kier molecular flexibility index (Phi) is 3.98. The quantitative estimate of drug-likeness (QED) is 0.771. The van der Waals surface area contributed by atoms with Crippen molar-refractivity contribution in [1.82, 2.24) is 0 Å². The average molecular weight is 248 g/mol. The van der Waals surface area contributed by atoms with E-state index in [1.807, 2.05) is 0 Å². The summed E-state index contributed by atoms with van der Waals surface area (Å²) in [7, 11) is 1.22. The number of alkyl halides is 3. The third kappa shape index (κ3) is 3.97. The second kappa shape index (κ2) is 5.07. The van der Waals surface area contributed by atoms with Gasteiger partial charge in [-0.25, -0.2) is 0 Å². The van der Waals surface area contributed by atoms with Gasteiger partial charge in [0.25, 0.3) is 0 Å². The van der Waals surface area contributed by atoms with Crippen molar-refractivity contribution in [3.8, 4) is 5.75 Å². The molecule has 1 rings (SSSR count). The van der Waals surface area contributed by atoms with Gasteiger partial charge in [0.1, 0.15) is 5.75 Å². The van der Waals surface area contributed by atoms with Gasteiger partial charge in [-0.3, -0.25) is 4.79 Å². The highest BCUT2D eigenvalue weighted by Gasteiger charge is 2.32. The maximum absolute atomic E-state index is 12.1. The number of hydrogen-bond donors (Lipinski definition) is 0. The molecule has 0 atom stereocenters. The van der Waals surface area contributed by atoms with Crippen molar-refractivity contribution < 1.29 is 27.4 Å². The summed E-state index contributed by atoms with van der Waals surface area (Å²) in [6.45, 7) is 1.46. The minimum Gasteiger partial charge on any atom is -0.469 e. The zero-order valence-electron chi connectivity index (χ0n) is 9.30. The van der Waals surface area contributed by atoms with Gasteiger partial charge in [-0.05, 0) is 24.1 Å². The summed E-state index contributed by atoms with van der Waals surface area (Å²) in [5.41, 5.74) is 0.717. The summed E-state index contributed by atoms with van der Waals surface area (Å²) in [5.74, 6) is -0.823. The van der Waals surface area contributed by atoms with Crippen LogP contribution >= 0.6 is 0 Å². The van der Waals surface area contributed by atoms with Crippen molar-refractivity contribution in [1.29, 1.82) is 0 Å². The van der Waals surface area contributed by atoms with Gasteiger partial charge in [-0.15, -0.1) is 13.2 Å². The van der Waals surface area contributed by atoms with Crippen LogP contribution < -0.4 is 4.74 Å². The molecule has 94 valence electrons. The summed E-state index contributed by atoms with van der Waals surface area (Å²) < 4.78 is 44.5. The largest absolute Gasteiger partial charge is 0.573 e. The van der Waals surface area contributed by atoms with Crippen LogP contribution in [0.2, 0.25) is 0 Å². The molecule has 1 aromatic rings. The van der Waals surface area contributed by atoms with Crippen molar-refractivity contribution >= 4 is 5.97 Å². The van der Waals surface area contributed by atoms with E-state index in [0.717, 1.165) is 0 Å². The first-order chi connectivity index (χ1) is 7.83. The molecule has 3 nitrogen and oxygen atoms in total. The number of rotatable bonds is 3. The molecule has 0 N–H and O–H groups in total. The standard InChI is InChI=1S/C11H11F3O3/c1-7-8(6-10(15)16-2)4-3-5-9(7)17-11(12,13)14/h3-5H,6H2,1-2H3. The van der Waals surface area contributed by atoms with E-state index < -0.39 is 12.3 Å². The van der Waals surface area contributed by atoms with E-state index in [-0.39, 0.29) is 17.7 Å². The normalized spacial score (nSPS) is 11.1. The molecular formula is C11H11F3O3. The second-order valence-corrected chi connectivity index (χ2v) is 3.34. The molecular weight excluding hydrogens is 237 g/mol. The predicted octanol–water partition coefficient (Wildman–Crippen LogP) is 2.61. The van der Waals surface area contributed by atoms with Crippen molar-refractivity contribution in [2.75, 3.05) is 7.11 Å². The molecule has 0 aliphatic carbocycles. The lowest BCUT2D eigenvalue weighted by Gasteiger charge is -2.13. The van der Waals surface area contributed by atoms with Crippen LogP contribution in [0.4, 0.5) is 13.2 Å². The molecule has 0 saturated carbocycles. The maximum atomic E-state index is 12.1. The molecule has 6 heteroatoms. The highest BCUT2D eigenvalue weighted by atomic mass is 19.4. The number of hydrogen-bond acceptors (Lipinski definition) is 3. The molecule has 0 bridgehead atoms. The van der Waals surface area contributed by atoms with E-state index in [1.165, 1.54) is 26.2 Å². The van der Waals surface area contributed by atoms with Gasteiger partial charge in [0.2, 0.25) is 0 Å². The molecule has 0 aliphatic rings. The van der Waals surface area contributed by atoms with Crippen LogP contribution in [0.3, 0.4) is 0 Å².